The third-order valence-electron chi connectivity index (χ3n) is 3.14. The first-order valence-corrected chi connectivity index (χ1v) is 6.69. The van der Waals surface area contributed by atoms with Gasteiger partial charge in [-0.05, 0) is 36.4 Å². The van der Waals surface area contributed by atoms with E-state index in [-0.39, 0.29) is 11.3 Å². The normalized spacial score (nSPS) is 10.3. The van der Waals surface area contributed by atoms with E-state index in [9.17, 15) is 9.18 Å². The van der Waals surface area contributed by atoms with Crippen LogP contribution in [0.2, 0.25) is 0 Å². The van der Waals surface area contributed by atoms with E-state index in [0.29, 0.717) is 17.1 Å². The van der Waals surface area contributed by atoms with Crippen LogP contribution in [0.5, 0.6) is 5.75 Å². The van der Waals surface area contributed by atoms with Gasteiger partial charge in [0.1, 0.15) is 0 Å². The summed E-state index contributed by atoms with van der Waals surface area (Å²) < 4.78 is 23.6. The van der Waals surface area contributed by atoms with Gasteiger partial charge in [0.2, 0.25) is 12.3 Å². The molecule has 1 aromatic heterocycles. The zero-order valence-corrected chi connectivity index (χ0v) is 12.1. The molecule has 2 aromatic carbocycles. The SMILES string of the molecule is COc1ccc(C(=O)Nc2cccc(-c3nnco3)c2)cc1F. The Morgan fingerprint density at radius 3 is 2.83 bits per heavy atom. The summed E-state index contributed by atoms with van der Waals surface area (Å²) in [5, 5.41) is 10.1. The Morgan fingerprint density at radius 1 is 1.26 bits per heavy atom. The number of nitrogens with one attached hydrogen (secondary N) is 1. The van der Waals surface area contributed by atoms with Gasteiger partial charge in [0, 0.05) is 16.8 Å². The van der Waals surface area contributed by atoms with Crippen molar-refractivity contribution in [2.24, 2.45) is 0 Å². The number of carbonyl (C=O) groups excluding carboxylic acids is 1. The number of methoxy groups -OCH3 is 1. The van der Waals surface area contributed by atoms with Gasteiger partial charge in [-0.1, -0.05) is 6.07 Å². The predicted octanol–water partition coefficient (Wildman–Crippen LogP) is 3.14. The molecule has 0 unspecified atom stereocenters. The van der Waals surface area contributed by atoms with Gasteiger partial charge in [-0.3, -0.25) is 4.79 Å². The van der Waals surface area contributed by atoms with Gasteiger partial charge in [0.05, 0.1) is 7.11 Å². The summed E-state index contributed by atoms with van der Waals surface area (Å²) in [6.45, 7) is 0. The Hall–Kier alpha value is -3.22. The smallest absolute Gasteiger partial charge is 0.255 e. The lowest BCUT2D eigenvalue weighted by molar-refractivity contribution is 0.102. The molecule has 23 heavy (non-hydrogen) atoms. The molecule has 1 heterocycles. The largest absolute Gasteiger partial charge is 0.494 e. The lowest BCUT2D eigenvalue weighted by Crippen LogP contribution is -2.12. The first-order chi connectivity index (χ1) is 11.2. The molecule has 3 aromatic rings. The van der Waals surface area contributed by atoms with Crippen LogP contribution in [0.15, 0.2) is 53.3 Å². The van der Waals surface area contributed by atoms with E-state index in [1.807, 2.05) is 0 Å². The van der Waals surface area contributed by atoms with Crippen LogP contribution in [0.3, 0.4) is 0 Å². The molecule has 1 amide bonds. The number of halogens is 1. The highest BCUT2D eigenvalue weighted by atomic mass is 19.1. The van der Waals surface area contributed by atoms with Crippen molar-refractivity contribution < 1.29 is 18.3 Å². The molecule has 0 bridgehead atoms. The van der Waals surface area contributed by atoms with E-state index in [1.165, 1.54) is 25.6 Å². The number of hydrogen-bond acceptors (Lipinski definition) is 5. The summed E-state index contributed by atoms with van der Waals surface area (Å²) in [4.78, 5) is 12.2. The molecule has 0 saturated carbocycles. The number of carbonyl (C=O) groups is 1. The Balaban J connectivity index is 1.80. The number of ether oxygens (including phenoxy) is 1. The molecule has 0 spiro atoms. The molecule has 0 radical (unpaired) electrons. The number of benzene rings is 2. The number of nitrogens with zero attached hydrogens (tertiary/aromatic N) is 2. The van der Waals surface area contributed by atoms with Gasteiger partial charge in [-0.25, -0.2) is 4.39 Å². The first kappa shape index (κ1) is 14.7. The zero-order chi connectivity index (χ0) is 16.2. The lowest BCUT2D eigenvalue weighted by atomic mass is 10.1. The van der Waals surface area contributed by atoms with E-state index in [1.54, 1.807) is 24.3 Å². The topological polar surface area (TPSA) is 77.2 Å². The second-order valence-electron chi connectivity index (χ2n) is 4.63. The van der Waals surface area contributed by atoms with Gasteiger partial charge >= 0.3 is 0 Å². The van der Waals surface area contributed by atoms with Crippen LogP contribution in [0.25, 0.3) is 11.5 Å². The number of amides is 1. The Labute approximate surface area is 130 Å². The van der Waals surface area contributed by atoms with Crippen molar-refractivity contribution in [2.45, 2.75) is 0 Å². The second kappa shape index (κ2) is 6.27. The fourth-order valence-corrected chi connectivity index (χ4v) is 2.04. The summed E-state index contributed by atoms with van der Waals surface area (Å²) in [7, 11) is 1.36. The lowest BCUT2D eigenvalue weighted by Gasteiger charge is -2.07. The van der Waals surface area contributed by atoms with Crippen LogP contribution in [0.1, 0.15) is 10.4 Å². The Kier molecular flexibility index (Phi) is 4.01. The molecule has 116 valence electrons. The maximum atomic E-state index is 13.7. The molecule has 6 nitrogen and oxygen atoms in total. The minimum absolute atomic E-state index is 0.0833. The van der Waals surface area contributed by atoms with Gasteiger partial charge in [0.15, 0.2) is 11.6 Å². The number of rotatable bonds is 4. The molecule has 3 rings (SSSR count). The second-order valence-corrected chi connectivity index (χ2v) is 4.63. The number of aromatic nitrogens is 2. The first-order valence-electron chi connectivity index (χ1n) is 6.69. The van der Waals surface area contributed by atoms with Crippen molar-refractivity contribution in [3.05, 3.63) is 60.2 Å². The molecule has 1 N–H and O–H groups in total. The average Bonchev–Trinajstić information content (AvgIpc) is 3.09. The fourth-order valence-electron chi connectivity index (χ4n) is 2.04. The molecule has 7 heteroatoms. The van der Waals surface area contributed by atoms with E-state index in [4.69, 9.17) is 9.15 Å². The molecule has 0 aliphatic rings. The molecular weight excluding hydrogens is 301 g/mol. The summed E-state index contributed by atoms with van der Waals surface area (Å²) in [6.07, 6.45) is 1.22. The van der Waals surface area contributed by atoms with E-state index in [2.05, 4.69) is 15.5 Å². The van der Waals surface area contributed by atoms with Crippen molar-refractivity contribution in [1.82, 2.24) is 10.2 Å². The van der Waals surface area contributed by atoms with Crippen molar-refractivity contribution in [3.63, 3.8) is 0 Å². The monoisotopic (exact) mass is 313 g/mol. The summed E-state index contributed by atoms with van der Waals surface area (Å²) >= 11 is 0. The number of hydrogen-bond donors (Lipinski definition) is 1. The van der Waals surface area contributed by atoms with Crippen LogP contribution >= 0.6 is 0 Å². The highest BCUT2D eigenvalue weighted by Gasteiger charge is 2.11. The maximum Gasteiger partial charge on any atom is 0.255 e. The van der Waals surface area contributed by atoms with Gasteiger partial charge in [-0.15, -0.1) is 10.2 Å². The highest BCUT2D eigenvalue weighted by molar-refractivity contribution is 6.04. The van der Waals surface area contributed by atoms with E-state index >= 15 is 0 Å². The summed E-state index contributed by atoms with van der Waals surface area (Å²) in [5.41, 5.74) is 1.38. The number of anilines is 1. The third kappa shape index (κ3) is 3.18. The van der Waals surface area contributed by atoms with Crippen LogP contribution in [-0.2, 0) is 0 Å². The van der Waals surface area contributed by atoms with Crippen molar-refractivity contribution in [3.8, 4) is 17.2 Å². The quantitative estimate of drug-likeness (QED) is 0.800. The van der Waals surface area contributed by atoms with Crippen LogP contribution < -0.4 is 10.1 Å². The predicted molar refractivity (Wildman–Crippen MR) is 80.6 cm³/mol. The zero-order valence-electron chi connectivity index (χ0n) is 12.1. The van der Waals surface area contributed by atoms with Gasteiger partial charge in [0.25, 0.3) is 5.91 Å². The molecule has 0 aliphatic carbocycles. The molecule has 0 saturated heterocycles. The van der Waals surface area contributed by atoms with Gasteiger partial charge in [-0.2, -0.15) is 0 Å². The highest BCUT2D eigenvalue weighted by Crippen LogP contribution is 2.22. The van der Waals surface area contributed by atoms with E-state index in [0.717, 1.165) is 6.07 Å². The van der Waals surface area contributed by atoms with Crippen molar-refractivity contribution in [2.75, 3.05) is 12.4 Å². The van der Waals surface area contributed by atoms with Crippen LogP contribution in [0, 0.1) is 5.82 Å². The molecular formula is C16H12FN3O3. The van der Waals surface area contributed by atoms with Crippen molar-refractivity contribution in [1.29, 1.82) is 0 Å². The third-order valence-corrected chi connectivity index (χ3v) is 3.14. The van der Waals surface area contributed by atoms with Crippen LogP contribution in [0.4, 0.5) is 10.1 Å². The van der Waals surface area contributed by atoms with Gasteiger partial charge < -0.3 is 14.5 Å². The summed E-state index contributed by atoms with van der Waals surface area (Å²) in [6, 6.07) is 10.9. The maximum absolute atomic E-state index is 13.7. The van der Waals surface area contributed by atoms with E-state index < -0.39 is 11.7 Å². The Bertz CT molecular complexity index is 834. The Morgan fingerprint density at radius 2 is 2.13 bits per heavy atom. The standard InChI is InChI=1S/C16H12FN3O3/c1-22-14-6-5-10(8-13(14)17)15(21)19-12-4-2-3-11(7-12)16-20-18-9-23-16/h2-9H,1H3,(H,19,21). The molecule has 0 aliphatic heterocycles. The summed E-state index contributed by atoms with van der Waals surface area (Å²) in [5.74, 6) is -0.606. The van der Waals surface area contributed by atoms with Crippen molar-refractivity contribution >= 4 is 11.6 Å². The molecule has 0 atom stereocenters. The minimum Gasteiger partial charge on any atom is -0.494 e. The van der Waals surface area contributed by atoms with Crippen LogP contribution in [-0.4, -0.2) is 23.2 Å². The fraction of sp³-hybridized carbons (Fsp3) is 0.0625. The average molecular weight is 313 g/mol. The minimum atomic E-state index is -0.597. The molecule has 0 fully saturated rings.